The van der Waals surface area contributed by atoms with Crippen LogP contribution >= 0.6 is 0 Å². The maximum Gasteiger partial charge on any atom is 0.160 e. The highest BCUT2D eigenvalue weighted by Gasteiger charge is 2.33. The number of aliphatic hydroxyl groups is 1. The molecule has 1 N–H and O–H groups in total. The van der Waals surface area contributed by atoms with Crippen molar-refractivity contribution in [2.24, 2.45) is 5.92 Å². The van der Waals surface area contributed by atoms with Crippen molar-refractivity contribution >= 4 is 5.78 Å². The molecule has 0 saturated carbocycles. The zero-order valence-electron chi connectivity index (χ0n) is 10.4. The molecule has 4 heteroatoms. The van der Waals surface area contributed by atoms with E-state index in [1.54, 1.807) is 0 Å². The van der Waals surface area contributed by atoms with Gasteiger partial charge in [0, 0.05) is 6.42 Å². The van der Waals surface area contributed by atoms with E-state index in [0.29, 0.717) is 13.0 Å². The predicted molar refractivity (Wildman–Crippen MR) is 65.8 cm³/mol. The first-order chi connectivity index (χ1) is 8.66. The summed E-state index contributed by atoms with van der Waals surface area (Å²) >= 11 is 0. The van der Waals surface area contributed by atoms with E-state index in [0.717, 1.165) is 5.56 Å². The van der Waals surface area contributed by atoms with Crippen LogP contribution in [0, 0.1) is 5.92 Å². The van der Waals surface area contributed by atoms with E-state index in [9.17, 15) is 9.90 Å². The summed E-state index contributed by atoms with van der Waals surface area (Å²) in [6.07, 6.45) is -0.760. The second-order valence-electron chi connectivity index (χ2n) is 4.58. The molecule has 1 aliphatic heterocycles. The monoisotopic (exact) mass is 250 g/mol. The van der Waals surface area contributed by atoms with Crippen LogP contribution in [0.1, 0.15) is 18.9 Å². The number of hydrogen-bond donors (Lipinski definition) is 1. The van der Waals surface area contributed by atoms with Gasteiger partial charge in [0.15, 0.2) is 6.29 Å². The minimum Gasteiger partial charge on any atom is -0.392 e. The van der Waals surface area contributed by atoms with Crippen molar-refractivity contribution in [3.8, 4) is 0 Å². The smallest absolute Gasteiger partial charge is 0.160 e. The summed E-state index contributed by atoms with van der Waals surface area (Å²) in [5.74, 6) is -0.453. The Kier molecular flexibility index (Phi) is 4.47. The molecule has 1 aromatic carbocycles. The second kappa shape index (κ2) is 6.09. The van der Waals surface area contributed by atoms with Crippen LogP contribution in [0.25, 0.3) is 0 Å². The van der Waals surface area contributed by atoms with Gasteiger partial charge in [-0.25, -0.2) is 0 Å². The first-order valence-corrected chi connectivity index (χ1v) is 6.12. The standard InChI is InChI=1S/C14H18O4/c1-10(15)12-9-18-14(7-13(12)16)17-8-11-5-3-2-4-6-11/h2-6,12-14,16H,7-9H2,1H3/t12-,13?,14?/m1/s1. The Bertz CT molecular complexity index is 390. The summed E-state index contributed by atoms with van der Waals surface area (Å²) in [7, 11) is 0. The van der Waals surface area contributed by atoms with Gasteiger partial charge in [0.1, 0.15) is 5.78 Å². The van der Waals surface area contributed by atoms with Crippen LogP contribution in [0.2, 0.25) is 0 Å². The van der Waals surface area contributed by atoms with Crippen molar-refractivity contribution in [3.63, 3.8) is 0 Å². The minimum atomic E-state index is -0.669. The molecule has 98 valence electrons. The lowest BCUT2D eigenvalue weighted by molar-refractivity contribution is -0.207. The van der Waals surface area contributed by atoms with Gasteiger partial charge in [-0.15, -0.1) is 0 Å². The zero-order valence-corrected chi connectivity index (χ0v) is 10.4. The molecule has 4 nitrogen and oxygen atoms in total. The number of rotatable bonds is 4. The van der Waals surface area contributed by atoms with Gasteiger partial charge >= 0.3 is 0 Å². The molecule has 0 aliphatic carbocycles. The van der Waals surface area contributed by atoms with Crippen molar-refractivity contribution in [2.75, 3.05) is 6.61 Å². The third-order valence-corrected chi connectivity index (χ3v) is 3.16. The number of aliphatic hydroxyl groups excluding tert-OH is 1. The average molecular weight is 250 g/mol. The largest absolute Gasteiger partial charge is 0.392 e. The number of hydrogen-bond acceptors (Lipinski definition) is 4. The zero-order chi connectivity index (χ0) is 13.0. The summed E-state index contributed by atoms with van der Waals surface area (Å²) in [6, 6.07) is 9.78. The average Bonchev–Trinajstić information content (AvgIpc) is 2.37. The number of carbonyl (C=O) groups excluding carboxylic acids is 1. The molecule has 2 unspecified atom stereocenters. The summed E-state index contributed by atoms with van der Waals surface area (Å²) in [5.41, 5.74) is 1.06. The van der Waals surface area contributed by atoms with Crippen molar-refractivity contribution in [1.29, 1.82) is 0 Å². The van der Waals surface area contributed by atoms with E-state index in [-0.39, 0.29) is 12.4 Å². The van der Waals surface area contributed by atoms with Crippen LogP contribution in [0.15, 0.2) is 30.3 Å². The van der Waals surface area contributed by atoms with Gasteiger partial charge < -0.3 is 14.6 Å². The summed E-state index contributed by atoms with van der Waals surface area (Å²) in [6.45, 7) is 2.15. The van der Waals surface area contributed by atoms with Gasteiger partial charge in [0.05, 0.1) is 25.2 Å². The van der Waals surface area contributed by atoms with E-state index in [2.05, 4.69) is 0 Å². The lowest BCUT2D eigenvalue weighted by atomic mass is 9.94. The van der Waals surface area contributed by atoms with Crippen molar-refractivity contribution in [2.45, 2.75) is 32.3 Å². The molecule has 1 aliphatic rings. The number of ketones is 1. The van der Waals surface area contributed by atoms with E-state index in [4.69, 9.17) is 9.47 Å². The molecule has 0 bridgehead atoms. The highest BCUT2D eigenvalue weighted by Crippen LogP contribution is 2.22. The molecule has 0 aromatic heterocycles. The Labute approximate surface area is 107 Å². The minimum absolute atomic E-state index is 0.0380. The SMILES string of the molecule is CC(=O)[C@H]1COC(OCc2ccccc2)CC1O. The first-order valence-electron chi connectivity index (χ1n) is 6.12. The van der Waals surface area contributed by atoms with Crippen molar-refractivity contribution in [3.05, 3.63) is 35.9 Å². The van der Waals surface area contributed by atoms with Crippen LogP contribution in [-0.4, -0.2) is 29.9 Å². The van der Waals surface area contributed by atoms with Crippen LogP contribution in [0.4, 0.5) is 0 Å². The van der Waals surface area contributed by atoms with E-state index >= 15 is 0 Å². The Hall–Kier alpha value is -1.23. The molecule has 2 rings (SSSR count). The number of carbonyl (C=O) groups is 1. The summed E-state index contributed by atoms with van der Waals surface area (Å²) < 4.78 is 11.0. The van der Waals surface area contributed by atoms with Gasteiger partial charge in [-0.1, -0.05) is 30.3 Å². The van der Waals surface area contributed by atoms with E-state index in [1.165, 1.54) is 6.92 Å². The molecule has 18 heavy (non-hydrogen) atoms. The molecule has 3 atom stereocenters. The quantitative estimate of drug-likeness (QED) is 0.880. The Morgan fingerprint density at radius 3 is 2.78 bits per heavy atom. The van der Waals surface area contributed by atoms with Crippen LogP contribution in [-0.2, 0) is 20.9 Å². The van der Waals surface area contributed by atoms with Crippen molar-refractivity contribution < 1.29 is 19.4 Å². The highest BCUT2D eigenvalue weighted by atomic mass is 16.7. The second-order valence-corrected chi connectivity index (χ2v) is 4.58. The van der Waals surface area contributed by atoms with Gasteiger partial charge in [0.25, 0.3) is 0 Å². The highest BCUT2D eigenvalue weighted by molar-refractivity contribution is 5.79. The lowest BCUT2D eigenvalue weighted by Crippen LogP contribution is -2.41. The molecule has 0 amide bonds. The Balaban J connectivity index is 1.81. The fraction of sp³-hybridized carbons (Fsp3) is 0.500. The van der Waals surface area contributed by atoms with Crippen LogP contribution < -0.4 is 0 Å². The first kappa shape index (κ1) is 13.2. The fourth-order valence-corrected chi connectivity index (χ4v) is 2.02. The maximum absolute atomic E-state index is 11.2. The summed E-state index contributed by atoms with van der Waals surface area (Å²) in [5, 5.41) is 9.83. The normalized spacial score (nSPS) is 28.0. The number of ether oxygens (including phenoxy) is 2. The topological polar surface area (TPSA) is 55.8 Å². The predicted octanol–water partition coefficient (Wildman–Crippen LogP) is 1.52. The molecule has 1 aromatic rings. The third kappa shape index (κ3) is 3.38. The number of Topliss-reactive ketones (excluding diaryl/α,β-unsaturated/α-hetero) is 1. The molecule has 1 heterocycles. The van der Waals surface area contributed by atoms with Crippen LogP contribution in [0.3, 0.4) is 0 Å². The molecule has 0 radical (unpaired) electrons. The number of benzene rings is 1. The molecule has 0 spiro atoms. The van der Waals surface area contributed by atoms with Crippen molar-refractivity contribution in [1.82, 2.24) is 0 Å². The molecular formula is C14H18O4. The maximum atomic E-state index is 11.2. The van der Waals surface area contributed by atoms with Crippen LogP contribution in [0.5, 0.6) is 0 Å². The Morgan fingerprint density at radius 1 is 1.44 bits per heavy atom. The lowest BCUT2D eigenvalue weighted by Gasteiger charge is -2.31. The van der Waals surface area contributed by atoms with Gasteiger partial charge in [0.2, 0.25) is 0 Å². The van der Waals surface area contributed by atoms with Gasteiger partial charge in [-0.3, -0.25) is 4.79 Å². The third-order valence-electron chi connectivity index (χ3n) is 3.16. The van der Waals surface area contributed by atoms with E-state index in [1.807, 2.05) is 30.3 Å². The molecule has 1 fully saturated rings. The molecular weight excluding hydrogens is 232 g/mol. The van der Waals surface area contributed by atoms with Gasteiger partial charge in [-0.05, 0) is 12.5 Å². The summed E-state index contributed by atoms with van der Waals surface area (Å²) in [4.78, 5) is 11.2. The molecule has 1 saturated heterocycles. The fourth-order valence-electron chi connectivity index (χ4n) is 2.02. The van der Waals surface area contributed by atoms with E-state index < -0.39 is 18.3 Å². The Morgan fingerprint density at radius 2 is 2.17 bits per heavy atom. The van der Waals surface area contributed by atoms with Gasteiger partial charge in [-0.2, -0.15) is 0 Å².